The van der Waals surface area contributed by atoms with Gasteiger partial charge in [0.05, 0.1) is 11.0 Å². The van der Waals surface area contributed by atoms with Gasteiger partial charge in [-0.3, -0.25) is 10.1 Å². The first-order valence-corrected chi connectivity index (χ1v) is 6.72. The number of ether oxygens (including phenoxy) is 1. The molecule has 5 nitrogen and oxygen atoms in total. The summed E-state index contributed by atoms with van der Waals surface area (Å²) in [6.45, 7) is 3.55. The van der Waals surface area contributed by atoms with Gasteiger partial charge in [-0.15, -0.1) is 0 Å². The lowest BCUT2D eigenvalue weighted by Crippen LogP contribution is -1.99. The number of hydrogen-bond donors (Lipinski definition) is 1. The summed E-state index contributed by atoms with van der Waals surface area (Å²) in [5, 5.41) is 20.8. The van der Waals surface area contributed by atoms with Gasteiger partial charge in [0.2, 0.25) is 0 Å². The van der Waals surface area contributed by atoms with E-state index in [-0.39, 0.29) is 5.69 Å². The minimum Gasteiger partial charge on any atom is -0.457 e. The van der Waals surface area contributed by atoms with E-state index < -0.39 is 11.0 Å². The van der Waals surface area contributed by atoms with Gasteiger partial charge in [0.15, 0.2) is 0 Å². The van der Waals surface area contributed by atoms with Gasteiger partial charge in [0.1, 0.15) is 11.5 Å². The molecule has 0 heterocycles. The average Bonchev–Trinajstić information content (AvgIpc) is 2.46. The molecule has 0 amide bonds. The fourth-order valence-electron chi connectivity index (χ4n) is 2.09. The van der Waals surface area contributed by atoms with Gasteiger partial charge < -0.3 is 9.84 Å². The van der Waals surface area contributed by atoms with Crippen molar-refractivity contribution in [2.45, 2.75) is 26.4 Å². The van der Waals surface area contributed by atoms with Crippen LogP contribution in [-0.4, -0.2) is 10.0 Å². The first-order valence-electron chi connectivity index (χ1n) is 6.72. The Hall–Kier alpha value is -2.40. The minimum absolute atomic E-state index is 0.0595. The van der Waals surface area contributed by atoms with Crippen LogP contribution in [0.4, 0.5) is 5.69 Å². The Kier molecular flexibility index (Phi) is 4.55. The van der Waals surface area contributed by atoms with Crippen LogP contribution in [-0.2, 0) is 0 Å². The molecule has 0 aliphatic carbocycles. The average molecular weight is 287 g/mol. The van der Waals surface area contributed by atoms with Gasteiger partial charge in [0, 0.05) is 17.2 Å². The molecule has 0 spiro atoms. The topological polar surface area (TPSA) is 72.6 Å². The molecule has 2 aromatic rings. The van der Waals surface area contributed by atoms with Crippen LogP contribution in [0.1, 0.15) is 30.6 Å². The van der Waals surface area contributed by atoms with Crippen LogP contribution in [0.2, 0.25) is 0 Å². The molecule has 0 bridgehead atoms. The lowest BCUT2D eigenvalue weighted by atomic mass is 10.1. The largest absolute Gasteiger partial charge is 0.457 e. The van der Waals surface area contributed by atoms with Crippen molar-refractivity contribution in [1.82, 2.24) is 0 Å². The summed E-state index contributed by atoms with van der Waals surface area (Å²) in [5.41, 5.74) is 1.30. The van der Waals surface area contributed by atoms with Crippen molar-refractivity contribution in [3.05, 3.63) is 63.7 Å². The smallest absolute Gasteiger partial charge is 0.272 e. The lowest BCUT2D eigenvalue weighted by Gasteiger charge is -2.14. The molecule has 2 rings (SSSR count). The van der Waals surface area contributed by atoms with Crippen LogP contribution < -0.4 is 4.74 Å². The monoisotopic (exact) mass is 287 g/mol. The number of nitro groups is 1. The zero-order chi connectivity index (χ0) is 15.4. The Morgan fingerprint density at radius 3 is 2.62 bits per heavy atom. The molecule has 2 aromatic carbocycles. The fourth-order valence-corrected chi connectivity index (χ4v) is 2.09. The highest BCUT2D eigenvalue weighted by Gasteiger charge is 2.14. The molecule has 21 heavy (non-hydrogen) atoms. The van der Waals surface area contributed by atoms with Gasteiger partial charge in [-0.25, -0.2) is 0 Å². The summed E-state index contributed by atoms with van der Waals surface area (Å²) in [5.74, 6) is 1.06. The maximum absolute atomic E-state index is 10.8. The van der Waals surface area contributed by atoms with Crippen molar-refractivity contribution >= 4 is 5.69 Å². The van der Waals surface area contributed by atoms with Crippen molar-refractivity contribution in [2.24, 2.45) is 0 Å². The second kappa shape index (κ2) is 6.37. The van der Waals surface area contributed by atoms with Crippen LogP contribution >= 0.6 is 0 Å². The molecular formula is C16H17NO4. The maximum Gasteiger partial charge on any atom is 0.272 e. The summed E-state index contributed by atoms with van der Waals surface area (Å²) in [4.78, 5) is 10.4. The highest BCUT2D eigenvalue weighted by atomic mass is 16.6. The molecule has 5 heteroatoms. The van der Waals surface area contributed by atoms with Gasteiger partial charge in [0.25, 0.3) is 5.69 Å². The molecular weight excluding hydrogens is 270 g/mol. The first kappa shape index (κ1) is 15.0. The van der Waals surface area contributed by atoms with Crippen LogP contribution in [0.25, 0.3) is 0 Å². The molecule has 0 saturated carbocycles. The highest BCUT2D eigenvalue weighted by molar-refractivity contribution is 5.46. The van der Waals surface area contributed by atoms with E-state index in [4.69, 9.17) is 4.74 Å². The second-order valence-electron chi connectivity index (χ2n) is 4.77. The van der Waals surface area contributed by atoms with E-state index in [1.165, 1.54) is 6.07 Å². The van der Waals surface area contributed by atoms with Crippen molar-refractivity contribution in [1.29, 1.82) is 0 Å². The van der Waals surface area contributed by atoms with E-state index in [2.05, 4.69) is 0 Å². The predicted octanol–water partition coefficient (Wildman–Crippen LogP) is 4.14. The van der Waals surface area contributed by atoms with Gasteiger partial charge >= 0.3 is 0 Å². The summed E-state index contributed by atoms with van der Waals surface area (Å²) >= 11 is 0. The first-order chi connectivity index (χ1) is 10.0. The molecule has 0 aliphatic heterocycles. The van der Waals surface area contributed by atoms with Crippen molar-refractivity contribution in [3.8, 4) is 11.5 Å². The van der Waals surface area contributed by atoms with E-state index in [1.54, 1.807) is 25.1 Å². The Balaban J connectivity index is 2.31. The van der Waals surface area contributed by atoms with Crippen LogP contribution in [0, 0.1) is 17.0 Å². The number of aliphatic hydroxyl groups is 1. The number of nitrogens with zero attached hydrogens (tertiary/aromatic N) is 1. The number of benzene rings is 2. The van der Waals surface area contributed by atoms with Crippen LogP contribution in [0.15, 0.2) is 42.5 Å². The molecule has 0 saturated heterocycles. The number of hydrogen-bond acceptors (Lipinski definition) is 4. The maximum atomic E-state index is 10.8. The molecule has 0 radical (unpaired) electrons. The predicted molar refractivity (Wildman–Crippen MR) is 79.6 cm³/mol. The van der Waals surface area contributed by atoms with E-state index in [1.807, 2.05) is 25.1 Å². The summed E-state index contributed by atoms with van der Waals surface area (Å²) in [6.07, 6.45) is -0.0139. The van der Waals surface area contributed by atoms with E-state index in [0.717, 1.165) is 0 Å². The Bertz CT molecular complexity index is 654. The van der Waals surface area contributed by atoms with E-state index in [9.17, 15) is 15.2 Å². The summed E-state index contributed by atoms with van der Waals surface area (Å²) in [7, 11) is 0. The molecule has 0 fully saturated rings. The molecule has 0 aromatic heterocycles. The summed E-state index contributed by atoms with van der Waals surface area (Å²) < 4.78 is 5.77. The van der Waals surface area contributed by atoms with E-state index in [0.29, 0.717) is 29.0 Å². The summed E-state index contributed by atoms with van der Waals surface area (Å²) in [6, 6.07) is 11.8. The van der Waals surface area contributed by atoms with Crippen molar-refractivity contribution in [2.75, 3.05) is 0 Å². The fraction of sp³-hybridized carbons (Fsp3) is 0.250. The Morgan fingerprint density at radius 2 is 2.00 bits per heavy atom. The number of aliphatic hydroxyl groups excluding tert-OH is 1. The van der Waals surface area contributed by atoms with Gasteiger partial charge in [-0.1, -0.05) is 25.1 Å². The quantitative estimate of drug-likeness (QED) is 0.662. The lowest BCUT2D eigenvalue weighted by molar-refractivity contribution is -0.385. The minimum atomic E-state index is -0.597. The van der Waals surface area contributed by atoms with Crippen molar-refractivity contribution < 1.29 is 14.8 Å². The standard InChI is InChI=1S/C16H17NO4/c1-3-15(18)13-6-4-5-7-16(13)21-12-8-9-14(17(19)20)11(2)10-12/h4-10,15,18H,3H2,1-2H3/t15-/m0/s1. The normalized spacial score (nSPS) is 12.0. The van der Waals surface area contributed by atoms with Gasteiger partial charge in [-0.2, -0.15) is 0 Å². The number of rotatable bonds is 5. The van der Waals surface area contributed by atoms with Gasteiger partial charge in [-0.05, 0) is 31.5 Å². The SMILES string of the molecule is CC[C@H](O)c1ccccc1Oc1ccc([N+](=O)[O-])c(C)c1. The van der Waals surface area contributed by atoms with Crippen LogP contribution in [0.3, 0.4) is 0 Å². The number of para-hydroxylation sites is 1. The Morgan fingerprint density at radius 1 is 1.29 bits per heavy atom. The zero-order valence-electron chi connectivity index (χ0n) is 11.9. The third-order valence-electron chi connectivity index (χ3n) is 3.26. The molecule has 110 valence electrons. The van der Waals surface area contributed by atoms with E-state index >= 15 is 0 Å². The second-order valence-corrected chi connectivity index (χ2v) is 4.77. The molecule has 0 aliphatic rings. The molecule has 1 N–H and O–H groups in total. The Labute approximate surface area is 123 Å². The number of aryl methyl sites for hydroxylation is 1. The third kappa shape index (κ3) is 3.38. The van der Waals surface area contributed by atoms with Crippen LogP contribution in [0.5, 0.6) is 11.5 Å². The molecule has 1 atom stereocenters. The number of nitro benzene ring substituents is 1. The van der Waals surface area contributed by atoms with Crippen molar-refractivity contribution in [3.63, 3.8) is 0 Å². The highest BCUT2D eigenvalue weighted by Crippen LogP contribution is 2.32. The zero-order valence-corrected chi connectivity index (χ0v) is 11.9. The molecule has 0 unspecified atom stereocenters. The third-order valence-corrected chi connectivity index (χ3v) is 3.26.